The van der Waals surface area contributed by atoms with Crippen molar-refractivity contribution in [1.82, 2.24) is 9.38 Å². The number of rotatable bonds is 0. The lowest BCUT2D eigenvalue weighted by Crippen LogP contribution is -1.85. The van der Waals surface area contributed by atoms with E-state index in [1.165, 1.54) is 12.3 Å². The van der Waals surface area contributed by atoms with Crippen LogP contribution >= 0.6 is 27.5 Å². The number of imidazole rings is 1. The molecular weight excluding hydrogens is 246 g/mol. The van der Waals surface area contributed by atoms with E-state index < -0.39 is 5.82 Å². The van der Waals surface area contributed by atoms with Gasteiger partial charge in [0.05, 0.1) is 10.5 Å². The maximum Gasteiger partial charge on any atom is 0.145 e. The first-order chi connectivity index (χ1) is 5.68. The largest absolute Gasteiger partial charge is 0.303 e. The van der Waals surface area contributed by atoms with E-state index in [4.69, 9.17) is 11.6 Å². The van der Waals surface area contributed by atoms with Gasteiger partial charge in [0.15, 0.2) is 0 Å². The van der Waals surface area contributed by atoms with Crippen LogP contribution in [0.15, 0.2) is 23.2 Å². The fourth-order valence-electron chi connectivity index (χ4n) is 0.957. The molecule has 0 aliphatic rings. The molecule has 2 nitrogen and oxygen atoms in total. The number of hydrogen-bond acceptors (Lipinski definition) is 1. The second-order valence-electron chi connectivity index (χ2n) is 2.30. The van der Waals surface area contributed by atoms with Gasteiger partial charge in [-0.25, -0.2) is 9.37 Å². The van der Waals surface area contributed by atoms with Gasteiger partial charge < -0.3 is 4.40 Å². The van der Waals surface area contributed by atoms with Crippen LogP contribution in [0, 0.1) is 5.82 Å². The van der Waals surface area contributed by atoms with Gasteiger partial charge in [-0.2, -0.15) is 0 Å². The first-order valence-electron chi connectivity index (χ1n) is 3.15. The van der Waals surface area contributed by atoms with Gasteiger partial charge in [-0.3, -0.25) is 0 Å². The lowest BCUT2D eigenvalue weighted by atomic mass is 10.4. The normalized spacial score (nSPS) is 10.9. The molecule has 0 saturated carbocycles. The summed E-state index contributed by atoms with van der Waals surface area (Å²) in [5.41, 5.74) is 0.664. The van der Waals surface area contributed by atoms with E-state index in [1.54, 1.807) is 10.7 Å². The fraction of sp³-hybridized carbons (Fsp3) is 0. The molecule has 0 saturated heterocycles. The smallest absolute Gasteiger partial charge is 0.145 e. The number of hydrogen-bond donors (Lipinski definition) is 0. The van der Waals surface area contributed by atoms with Crippen LogP contribution in [0.1, 0.15) is 0 Å². The topological polar surface area (TPSA) is 17.3 Å². The lowest BCUT2D eigenvalue weighted by molar-refractivity contribution is 0.627. The first-order valence-corrected chi connectivity index (χ1v) is 4.33. The lowest BCUT2D eigenvalue weighted by Gasteiger charge is -1.96. The van der Waals surface area contributed by atoms with Crippen molar-refractivity contribution in [1.29, 1.82) is 0 Å². The zero-order valence-electron chi connectivity index (χ0n) is 5.76. The van der Waals surface area contributed by atoms with Crippen LogP contribution in [0.4, 0.5) is 4.39 Å². The summed E-state index contributed by atoms with van der Waals surface area (Å²) in [4.78, 5) is 3.93. The highest BCUT2D eigenvalue weighted by atomic mass is 79.9. The second-order valence-corrected chi connectivity index (χ2v) is 3.46. The van der Waals surface area contributed by atoms with Crippen molar-refractivity contribution in [2.24, 2.45) is 0 Å². The van der Waals surface area contributed by atoms with E-state index in [0.717, 1.165) is 0 Å². The molecule has 2 heterocycles. The Morgan fingerprint density at radius 2 is 2.33 bits per heavy atom. The Morgan fingerprint density at radius 1 is 1.58 bits per heavy atom. The third-order valence-corrected chi connectivity index (χ3v) is 2.42. The Hall–Kier alpha value is -0.610. The van der Waals surface area contributed by atoms with Gasteiger partial charge in [-0.05, 0) is 15.9 Å². The molecule has 0 aliphatic heterocycles. The van der Waals surface area contributed by atoms with Crippen LogP contribution in [-0.4, -0.2) is 9.38 Å². The van der Waals surface area contributed by atoms with Gasteiger partial charge >= 0.3 is 0 Å². The monoisotopic (exact) mass is 248 g/mol. The maximum atomic E-state index is 12.9. The van der Waals surface area contributed by atoms with Crippen molar-refractivity contribution in [3.8, 4) is 0 Å². The number of nitrogens with zero attached hydrogens (tertiary/aromatic N) is 2. The maximum absolute atomic E-state index is 12.9. The van der Waals surface area contributed by atoms with Crippen LogP contribution in [-0.2, 0) is 0 Å². The summed E-state index contributed by atoms with van der Waals surface area (Å²) in [6, 6.07) is 1.33. The Morgan fingerprint density at radius 3 is 3.08 bits per heavy atom. The molecule has 0 atom stereocenters. The summed E-state index contributed by atoms with van der Waals surface area (Å²) in [6.07, 6.45) is 3.04. The van der Waals surface area contributed by atoms with Crippen LogP contribution in [0.3, 0.4) is 0 Å². The Bertz CT molecular complexity index is 440. The van der Waals surface area contributed by atoms with Gasteiger partial charge in [0.25, 0.3) is 0 Å². The molecule has 2 aromatic rings. The van der Waals surface area contributed by atoms with Gasteiger partial charge in [0.1, 0.15) is 16.7 Å². The van der Waals surface area contributed by atoms with Gasteiger partial charge in [-0.15, -0.1) is 0 Å². The molecule has 0 aliphatic carbocycles. The number of halogens is 3. The summed E-state index contributed by atoms with van der Waals surface area (Å²) >= 11 is 8.74. The van der Waals surface area contributed by atoms with Crippen molar-refractivity contribution < 1.29 is 4.39 Å². The van der Waals surface area contributed by atoms with E-state index in [9.17, 15) is 4.39 Å². The highest BCUT2D eigenvalue weighted by molar-refractivity contribution is 9.10. The van der Waals surface area contributed by atoms with E-state index in [2.05, 4.69) is 20.9 Å². The zero-order chi connectivity index (χ0) is 8.72. The minimum atomic E-state index is -0.439. The molecule has 2 rings (SSSR count). The molecule has 5 heteroatoms. The molecule has 0 radical (unpaired) electrons. The number of pyridine rings is 1. The predicted octanol–water partition coefficient (Wildman–Crippen LogP) is 2.89. The summed E-state index contributed by atoms with van der Waals surface area (Å²) in [5.74, 6) is -0.439. The molecule has 0 unspecified atom stereocenters. The molecule has 62 valence electrons. The predicted molar refractivity (Wildman–Crippen MR) is 47.9 cm³/mol. The molecule has 0 fully saturated rings. The number of aromatic nitrogens is 2. The Labute approximate surface area is 81.1 Å². The van der Waals surface area contributed by atoms with Crippen LogP contribution in [0.2, 0.25) is 5.02 Å². The van der Waals surface area contributed by atoms with Crippen molar-refractivity contribution in [3.63, 3.8) is 0 Å². The Kier molecular flexibility index (Phi) is 1.81. The van der Waals surface area contributed by atoms with Gasteiger partial charge in [-0.1, -0.05) is 11.6 Å². The highest BCUT2D eigenvalue weighted by Crippen LogP contribution is 2.21. The van der Waals surface area contributed by atoms with E-state index in [0.29, 0.717) is 10.1 Å². The Balaban J connectivity index is 2.87. The molecule has 2 aromatic heterocycles. The zero-order valence-corrected chi connectivity index (χ0v) is 8.10. The number of fused-ring (bicyclic) bond motifs is 1. The van der Waals surface area contributed by atoms with E-state index >= 15 is 0 Å². The summed E-state index contributed by atoms with van der Waals surface area (Å²) < 4.78 is 15.2. The fourth-order valence-corrected chi connectivity index (χ4v) is 1.53. The van der Waals surface area contributed by atoms with Crippen molar-refractivity contribution in [3.05, 3.63) is 34.0 Å². The molecule has 0 aromatic carbocycles. The standard InChI is InChI=1S/C7H3BrClFN2/c8-7-6-1-5(10)4(9)2-12(6)3-11-7/h1-3H. The molecule has 0 amide bonds. The van der Waals surface area contributed by atoms with E-state index in [1.807, 2.05) is 0 Å². The van der Waals surface area contributed by atoms with Crippen LogP contribution < -0.4 is 0 Å². The summed E-state index contributed by atoms with van der Waals surface area (Å²) in [6.45, 7) is 0. The summed E-state index contributed by atoms with van der Waals surface area (Å²) in [5, 5.41) is 0.0902. The molecule has 12 heavy (non-hydrogen) atoms. The minimum absolute atomic E-state index is 0.0902. The SMILES string of the molecule is Fc1cc2c(Br)ncn2cc1Cl. The average Bonchev–Trinajstić information content (AvgIpc) is 2.35. The third-order valence-electron chi connectivity index (χ3n) is 1.53. The van der Waals surface area contributed by atoms with E-state index in [-0.39, 0.29) is 5.02 Å². The summed E-state index contributed by atoms with van der Waals surface area (Å²) in [7, 11) is 0. The first kappa shape index (κ1) is 8.01. The highest BCUT2D eigenvalue weighted by Gasteiger charge is 2.05. The molecule has 0 bridgehead atoms. The molecule has 0 N–H and O–H groups in total. The third kappa shape index (κ3) is 1.11. The van der Waals surface area contributed by atoms with Gasteiger partial charge in [0, 0.05) is 12.3 Å². The van der Waals surface area contributed by atoms with Crippen molar-refractivity contribution >= 4 is 33.0 Å². The molecule has 0 spiro atoms. The molecular formula is C7H3BrClFN2. The minimum Gasteiger partial charge on any atom is -0.303 e. The second kappa shape index (κ2) is 2.71. The van der Waals surface area contributed by atoms with Crippen LogP contribution in [0.5, 0.6) is 0 Å². The van der Waals surface area contributed by atoms with Crippen molar-refractivity contribution in [2.75, 3.05) is 0 Å². The van der Waals surface area contributed by atoms with Crippen LogP contribution in [0.25, 0.3) is 5.52 Å². The van der Waals surface area contributed by atoms with Crippen molar-refractivity contribution in [2.45, 2.75) is 0 Å². The van der Waals surface area contributed by atoms with Gasteiger partial charge in [0.2, 0.25) is 0 Å². The average molecular weight is 249 g/mol. The quantitative estimate of drug-likeness (QED) is 0.702.